The Balaban J connectivity index is 1.71. The van der Waals surface area contributed by atoms with Crippen LogP contribution in [0.5, 0.6) is 0 Å². The van der Waals surface area contributed by atoms with Crippen molar-refractivity contribution in [1.82, 2.24) is 30.4 Å². The monoisotopic (exact) mass is 303 g/mol. The second-order valence-electron chi connectivity index (χ2n) is 5.19. The Labute approximate surface area is 131 Å². The van der Waals surface area contributed by atoms with Crippen LogP contribution in [0.15, 0.2) is 49.1 Å². The molecule has 7 heteroatoms. The summed E-state index contributed by atoms with van der Waals surface area (Å²) in [5, 5.41) is 17.9. The van der Waals surface area contributed by atoms with E-state index in [1.54, 1.807) is 12.4 Å². The number of aromatic amines is 1. The molecule has 0 aliphatic rings. The number of fused-ring (bicyclic) bond motifs is 1. The molecule has 0 spiro atoms. The third-order valence-corrected chi connectivity index (χ3v) is 3.42. The number of H-pyrrole nitrogens is 1. The highest BCUT2D eigenvalue weighted by Crippen LogP contribution is 2.22. The van der Waals surface area contributed by atoms with Gasteiger partial charge in [-0.1, -0.05) is 0 Å². The fraction of sp³-hybridized carbons (Fsp3) is 0.0625. The molecule has 0 aromatic carbocycles. The maximum absolute atomic E-state index is 4.60. The lowest BCUT2D eigenvalue weighted by Gasteiger charge is -2.06. The van der Waals surface area contributed by atoms with E-state index in [-0.39, 0.29) is 0 Å². The van der Waals surface area contributed by atoms with E-state index in [2.05, 4.69) is 35.7 Å². The minimum Gasteiger partial charge on any atom is -0.323 e. The van der Waals surface area contributed by atoms with Crippen molar-refractivity contribution in [3.63, 3.8) is 0 Å². The number of nitrogens with one attached hydrogen (secondary N) is 2. The topological polar surface area (TPSA) is 92.3 Å². The van der Waals surface area contributed by atoms with Crippen LogP contribution in [0.2, 0.25) is 0 Å². The van der Waals surface area contributed by atoms with Gasteiger partial charge in [0, 0.05) is 23.5 Å². The van der Waals surface area contributed by atoms with E-state index in [4.69, 9.17) is 0 Å². The predicted molar refractivity (Wildman–Crippen MR) is 87.2 cm³/mol. The van der Waals surface area contributed by atoms with Crippen molar-refractivity contribution in [1.29, 1.82) is 0 Å². The molecule has 0 fully saturated rings. The van der Waals surface area contributed by atoms with Gasteiger partial charge in [-0.25, -0.2) is 4.98 Å². The number of aromatic nitrogens is 6. The van der Waals surface area contributed by atoms with Crippen LogP contribution in [-0.4, -0.2) is 30.4 Å². The highest BCUT2D eigenvalue weighted by Gasteiger charge is 2.05. The van der Waals surface area contributed by atoms with Crippen molar-refractivity contribution < 1.29 is 0 Å². The zero-order valence-electron chi connectivity index (χ0n) is 12.4. The van der Waals surface area contributed by atoms with E-state index >= 15 is 0 Å². The average Bonchev–Trinajstić information content (AvgIpc) is 3.09. The number of aryl methyl sites for hydroxylation is 1. The Morgan fingerprint density at radius 3 is 2.74 bits per heavy atom. The molecule has 0 saturated carbocycles. The molecule has 4 rings (SSSR count). The Hall–Kier alpha value is -3.35. The van der Waals surface area contributed by atoms with E-state index in [1.165, 1.54) is 0 Å². The molecule has 4 aromatic rings. The lowest BCUT2D eigenvalue weighted by molar-refractivity contribution is 1.02. The van der Waals surface area contributed by atoms with Crippen molar-refractivity contribution in [2.45, 2.75) is 6.92 Å². The molecule has 0 saturated heterocycles. The van der Waals surface area contributed by atoms with Gasteiger partial charge in [-0.2, -0.15) is 10.2 Å². The van der Waals surface area contributed by atoms with Gasteiger partial charge in [-0.05, 0) is 36.8 Å². The minimum absolute atomic E-state index is 0.663. The molecule has 0 bridgehead atoms. The minimum atomic E-state index is 0.663. The molecular formula is C16H13N7. The molecule has 2 N–H and O–H groups in total. The standard InChI is InChI=1S/C16H13N7/c1-10-4-16(23-20-6-10)22-15-3-2-13-14(21-15)5-11(7-17-13)12-8-18-19-9-12/h2-9H,1H3,(H,18,19)(H,21,22,23). The van der Waals surface area contributed by atoms with Crippen molar-refractivity contribution >= 4 is 22.7 Å². The molecule has 4 aromatic heterocycles. The summed E-state index contributed by atoms with van der Waals surface area (Å²) < 4.78 is 0. The summed E-state index contributed by atoms with van der Waals surface area (Å²) in [6.45, 7) is 1.97. The average molecular weight is 303 g/mol. The summed E-state index contributed by atoms with van der Waals surface area (Å²) in [4.78, 5) is 9.04. The van der Waals surface area contributed by atoms with Crippen LogP contribution >= 0.6 is 0 Å². The Morgan fingerprint density at radius 1 is 0.957 bits per heavy atom. The maximum atomic E-state index is 4.60. The summed E-state index contributed by atoms with van der Waals surface area (Å²) in [5.41, 5.74) is 4.61. The molecule has 7 nitrogen and oxygen atoms in total. The van der Waals surface area contributed by atoms with Gasteiger partial charge in [-0.3, -0.25) is 10.1 Å². The van der Waals surface area contributed by atoms with Gasteiger partial charge in [0.05, 0.1) is 23.4 Å². The highest BCUT2D eigenvalue weighted by molar-refractivity contribution is 5.81. The second kappa shape index (κ2) is 5.45. The fourth-order valence-corrected chi connectivity index (χ4v) is 2.30. The molecule has 0 aliphatic carbocycles. The molecular weight excluding hydrogens is 290 g/mol. The van der Waals surface area contributed by atoms with Gasteiger partial charge in [-0.15, -0.1) is 5.10 Å². The number of anilines is 2. The quantitative estimate of drug-likeness (QED) is 0.604. The molecule has 0 unspecified atom stereocenters. The van der Waals surface area contributed by atoms with Crippen LogP contribution < -0.4 is 5.32 Å². The number of pyridine rings is 2. The molecule has 112 valence electrons. The predicted octanol–water partition coefficient (Wildman–Crippen LogP) is 2.86. The second-order valence-corrected chi connectivity index (χ2v) is 5.19. The van der Waals surface area contributed by atoms with Gasteiger partial charge in [0.15, 0.2) is 5.82 Å². The van der Waals surface area contributed by atoms with Gasteiger partial charge in [0.1, 0.15) is 5.82 Å². The molecule has 23 heavy (non-hydrogen) atoms. The molecule has 0 radical (unpaired) electrons. The lowest BCUT2D eigenvalue weighted by Crippen LogP contribution is -1.98. The summed E-state index contributed by atoms with van der Waals surface area (Å²) in [5.74, 6) is 1.36. The number of hydrogen-bond donors (Lipinski definition) is 2. The van der Waals surface area contributed by atoms with Crippen molar-refractivity contribution in [2.24, 2.45) is 0 Å². The van der Waals surface area contributed by atoms with Crippen LogP contribution in [0.25, 0.3) is 22.2 Å². The number of hydrogen-bond acceptors (Lipinski definition) is 6. The molecule has 0 aliphatic heterocycles. The van der Waals surface area contributed by atoms with E-state index in [1.807, 2.05) is 43.6 Å². The van der Waals surface area contributed by atoms with Crippen LogP contribution in [0.3, 0.4) is 0 Å². The van der Waals surface area contributed by atoms with Crippen molar-refractivity contribution in [3.05, 3.63) is 54.6 Å². The molecule has 0 atom stereocenters. The third kappa shape index (κ3) is 2.71. The number of rotatable bonds is 3. The van der Waals surface area contributed by atoms with E-state index in [9.17, 15) is 0 Å². The van der Waals surface area contributed by atoms with Crippen molar-refractivity contribution in [3.8, 4) is 11.1 Å². The first kappa shape index (κ1) is 13.3. The largest absolute Gasteiger partial charge is 0.323 e. The highest BCUT2D eigenvalue weighted by atomic mass is 15.2. The zero-order chi connectivity index (χ0) is 15.6. The van der Waals surface area contributed by atoms with Gasteiger partial charge in [0.2, 0.25) is 0 Å². The van der Waals surface area contributed by atoms with Gasteiger partial charge >= 0.3 is 0 Å². The van der Waals surface area contributed by atoms with Crippen molar-refractivity contribution in [2.75, 3.05) is 5.32 Å². The normalized spacial score (nSPS) is 10.8. The van der Waals surface area contributed by atoms with E-state index in [0.29, 0.717) is 11.6 Å². The SMILES string of the molecule is Cc1cnnc(Nc2ccc3ncc(-c4cn[nH]c4)cc3n2)c1. The lowest BCUT2D eigenvalue weighted by atomic mass is 10.1. The molecule has 0 amide bonds. The smallest absolute Gasteiger partial charge is 0.154 e. The van der Waals surface area contributed by atoms with Crippen LogP contribution in [0, 0.1) is 6.92 Å². The summed E-state index contributed by atoms with van der Waals surface area (Å²) >= 11 is 0. The third-order valence-electron chi connectivity index (χ3n) is 3.42. The number of nitrogens with zero attached hydrogens (tertiary/aromatic N) is 5. The first-order chi connectivity index (χ1) is 11.3. The Kier molecular flexibility index (Phi) is 3.16. The van der Waals surface area contributed by atoms with Gasteiger partial charge < -0.3 is 5.32 Å². The van der Waals surface area contributed by atoms with Crippen LogP contribution in [0.1, 0.15) is 5.56 Å². The zero-order valence-corrected chi connectivity index (χ0v) is 12.4. The van der Waals surface area contributed by atoms with E-state index in [0.717, 1.165) is 27.7 Å². The summed E-state index contributed by atoms with van der Waals surface area (Å²) in [7, 11) is 0. The van der Waals surface area contributed by atoms with Gasteiger partial charge in [0.25, 0.3) is 0 Å². The maximum Gasteiger partial charge on any atom is 0.154 e. The first-order valence-corrected chi connectivity index (χ1v) is 7.10. The van der Waals surface area contributed by atoms with Crippen LogP contribution in [-0.2, 0) is 0 Å². The molecule has 4 heterocycles. The Morgan fingerprint density at radius 2 is 1.91 bits per heavy atom. The van der Waals surface area contributed by atoms with E-state index < -0.39 is 0 Å². The summed E-state index contributed by atoms with van der Waals surface area (Å²) in [6, 6.07) is 7.70. The fourth-order valence-electron chi connectivity index (χ4n) is 2.30. The Bertz CT molecular complexity index is 963. The first-order valence-electron chi connectivity index (χ1n) is 7.10. The van der Waals surface area contributed by atoms with Crippen LogP contribution in [0.4, 0.5) is 11.6 Å². The summed E-state index contributed by atoms with van der Waals surface area (Å²) in [6.07, 6.45) is 7.11.